The zero-order valence-corrected chi connectivity index (χ0v) is 13.9. The standard InChI is InChI=1S/C18H19FN4O2/c1-12-2-3-14(10-15(12)19)18(25)23-8-6-22(7-9-23)16-11-13(17(20)24)4-5-21-16/h2-5,10-11H,6-9H2,1H3,(H2,20,24). The van der Waals surface area contributed by atoms with Crippen LogP contribution < -0.4 is 10.6 Å². The van der Waals surface area contributed by atoms with E-state index in [-0.39, 0.29) is 11.7 Å². The van der Waals surface area contributed by atoms with Crippen molar-refractivity contribution in [2.24, 2.45) is 5.73 Å². The van der Waals surface area contributed by atoms with Gasteiger partial charge in [0.25, 0.3) is 5.91 Å². The molecule has 0 bridgehead atoms. The summed E-state index contributed by atoms with van der Waals surface area (Å²) >= 11 is 0. The van der Waals surface area contributed by atoms with Crippen molar-refractivity contribution in [1.29, 1.82) is 0 Å². The molecule has 1 saturated heterocycles. The van der Waals surface area contributed by atoms with Crippen molar-refractivity contribution in [3.8, 4) is 0 Å². The Morgan fingerprint density at radius 3 is 2.44 bits per heavy atom. The average Bonchev–Trinajstić information content (AvgIpc) is 2.63. The number of nitrogens with two attached hydrogens (primary N) is 1. The van der Waals surface area contributed by atoms with E-state index < -0.39 is 5.91 Å². The molecular formula is C18H19FN4O2. The van der Waals surface area contributed by atoms with Crippen LogP contribution in [0.15, 0.2) is 36.5 Å². The van der Waals surface area contributed by atoms with E-state index in [4.69, 9.17) is 5.73 Å². The zero-order valence-electron chi connectivity index (χ0n) is 13.9. The third-order valence-electron chi connectivity index (χ3n) is 4.34. The van der Waals surface area contributed by atoms with Crippen LogP contribution in [0.5, 0.6) is 0 Å². The molecule has 0 atom stereocenters. The molecular weight excluding hydrogens is 323 g/mol. The van der Waals surface area contributed by atoms with E-state index in [1.54, 1.807) is 42.3 Å². The van der Waals surface area contributed by atoms with E-state index in [1.165, 1.54) is 6.07 Å². The Labute approximate surface area is 145 Å². The third kappa shape index (κ3) is 3.60. The number of hydrogen-bond donors (Lipinski definition) is 1. The first-order chi connectivity index (χ1) is 12.0. The van der Waals surface area contributed by atoms with Gasteiger partial charge in [-0.3, -0.25) is 9.59 Å². The van der Waals surface area contributed by atoms with Crippen molar-refractivity contribution in [3.63, 3.8) is 0 Å². The quantitative estimate of drug-likeness (QED) is 0.919. The summed E-state index contributed by atoms with van der Waals surface area (Å²) in [6, 6.07) is 7.75. The molecule has 2 aromatic rings. The van der Waals surface area contributed by atoms with E-state index in [0.717, 1.165) is 0 Å². The Hall–Kier alpha value is -2.96. The third-order valence-corrected chi connectivity index (χ3v) is 4.34. The lowest BCUT2D eigenvalue weighted by atomic mass is 10.1. The summed E-state index contributed by atoms with van der Waals surface area (Å²) in [6.07, 6.45) is 1.54. The lowest BCUT2D eigenvalue weighted by molar-refractivity contribution is 0.0746. The van der Waals surface area contributed by atoms with Crippen LogP contribution >= 0.6 is 0 Å². The number of piperazine rings is 1. The van der Waals surface area contributed by atoms with Gasteiger partial charge in [-0.25, -0.2) is 9.37 Å². The molecule has 1 aliphatic heterocycles. The van der Waals surface area contributed by atoms with Crippen molar-refractivity contribution in [2.45, 2.75) is 6.92 Å². The van der Waals surface area contributed by atoms with E-state index in [1.807, 2.05) is 4.90 Å². The van der Waals surface area contributed by atoms with Crippen molar-refractivity contribution in [1.82, 2.24) is 9.88 Å². The second-order valence-corrected chi connectivity index (χ2v) is 6.01. The SMILES string of the molecule is Cc1ccc(C(=O)N2CCN(c3cc(C(N)=O)ccn3)CC2)cc1F. The highest BCUT2D eigenvalue weighted by atomic mass is 19.1. The highest BCUT2D eigenvalue weighted by molar-refractivity contribution is 5.94. The predicted molar refractivity (Wildman–Crippen MR) is 92.0 cm³/mol. The first-order valence-corrected chi connectivity index (χ1v) is 8.02. The number of rotatable bonds is 3. The van der Waals surface area contributed by atoms with Gasteiger partial charge < -0.3 is 15.5 Å². The van der Waals surface area contributed by atoms with Crippen LogP contribution in [-0.2, 0) is 0 Å². The van der Waals surface area contributed by atoms with Gasteiger partial charge in [0, 0.05) is 43.5 Å². The van der Waals surface area contributed by atoms with E-state index in [2.05, 4.69) is 4.98 Å². The molecule has 0 aliphatic carbocycles. The minimum Gasteiger partial charge on any atom is -0.366 e. The number of nitrogens with zero attached hydrogens (tertiary/aromatic N) is 3. The second kappa shape index (κ2) is 6.88. The Bertz CT molecular complexity index is 816. The van der Waals surface area contributed by atoms with Crippen molar-refractivity contribution >= 4 is 17.6 Å². The summed E-state index contributed by atoms with van der Waals surface area (Å²) in [7, 11) is 0. The Morgan fingerprint density at radius 1 is 1.08 bits per heavy atom. The van der Waals surface area contributed by atoms with E-state index >= 15 is 0 Å². The van der Waals surface area contributed by atoms with Crippen LogP contribution in [0.2, 0.25) is 0 Å². The van der Waals surface area contributed by atoms with Crippen molar-refractivity contribution < 1.29 is 14.0 Å². The van der Waals surface area contributed by atoms with Gasteiger partial charge in [-0.05, 0) is 36.8 Å². The van der Waals surface area contributed by atoms with Crippen LogP contribution in [0, 0.1) is 12.7 Å². The smallest absolute Gasteiger partial charge is 0.254 e. The van der Waals surface area contributed by atoms with Crippen molar-refractivity contribution in [3.05, 3.63) is 59.0 Å². The highest BCUT2D eigenvalue weighted by Gasteiger charge is 2.23. The molecule has 0 unspecified atom stereocenters. The zero-order chi connectivity index (χ0) is 18.0. The molecule has 0 saturated carbocycles. The second-order valence-electron chi connectivity index (χ2n) is 6.01. The molecule has 0 radical (unpaired) electrons. The molecule has 6 nitrogen and oxygen atoms in total. The van der Waals surface area contributed by atoms with Crippen LogP contribution in [0.1, 0.15) is 26.3 Å². The molecule has 3 rings (SSSR count). The minimum atomic E-state index is -0.501. The first-order valence-electron chi connectivity index (χ1n) is 8.02. The van der Waals surface area contributed by atoms with E-state index in [9.17, 15) is 14.0 Å². The Morgan fingerprint density at radius 2 is 1.80 bits per heavy atom. The molecule has 1 aliphatic rings. The number of carbonyl (C=O) groups is 2. The minimum absolute atomic E-state index is 0.183. The molecule has 7 heteroatoms. The number of benzene rings is 1. The maximum atomic E-state index is 13.7. The van der Waals surface area contributed by atoms with Gasteiger partial charge in [-0.1, -0.05) is 6.07 Å². The molecule has 0 spiro atoms. The highest BCUT2D eigenvalue weighted by Crippen LogP contribution is 2.17. The number of amides is 2. The van der Waals surface area contributed by atoms with Crippen LogP contribution in [0.3, 0.4) is 0 Å². The van der Waals surface area contributed by atoms with Gasteiger partial charge in [0.1, 0.15) is 11.6 Å². The van der Waals surface area contributed by atoms with Crippen LogP contribution in [0.25, 0.3) is 0 Å². The van der Waals surface area contributed by atoms with Gasteiger partial charge in [0.15, 0.2) is 0 Å². The summed E-state index contributed by atoms with van der Waals surface area (Å²) in [5, 5.41) is 0. The monoisotopic (exact) mass is 342 g/mol. The predicted octanol–water partition coefficient (Wildman–Crippen LogP) is 1.59. The first kappa shape index (κ1) is 16.9. The molecule has 2 amide bonds. The Balaban J connectivity index is 1.67. The van der Waals surface area contributed by atoms with Crippen LogP contribution in [-0.4, -0.2) is 47.9 Å². The molecule has 1 aromatic heterocycles. The maximum absolute atomic E-state index is 13.7. The van der Waals surface area contributed by atoms with Crippen LogP contribution in [0.4, 0.5) is 10.2 Å². The number of carbonyl (C=O) groups excluding carboxylic acids is 2. The fourth-order valence-electron chi connectivity index (χ4n) is 2.79. The summed E-state index contributed by atoms with van der Waals surface area (Å²) in [4.78, 5) is 31.7. The number of halogens is 1. The summed E-state index contributed by atoms with van der Waals surface area (Å²) in [5.41, 5.74) is 6.56. The molecule has 1 fully saturated rings. The number of primary amides is 1. The number of aryl methyl sites for hydroxylation is 1. The number of anilines is 1. The summed E-state index contributed by atoms with van der Waals surface area (Å²) in [6.45, 7) is 3.81. The normalized spacial score (nSPS) is 14.5. The average molecular weight is 342 g/mol. The number of hydrogen-bond acceptors (Lipinski definition) is 4. The van der Waals surface area contributed by atoms with Gasteiger partial charge >= 0.3 is 0 Å². The van der Waals surface area contributed by atoms with Gasteiger partial charge in [0.05, 0.1) is 0 Å². The van der Waals surface area contributed by atoms with Gasteiger partial charge in [0.2, 0.25) is 5.91 Å². The summed E-state index contributed by atoms with van der Waals surface area (Å²) < 4.78 is 13.7. The molecule has 2 heterocycles. The van der Waals surface area contributed by atoms with Crippen molar-refractivity contribution in [2.75, 3.05) is 31.1 Å². The Kier molecular flexibility index (Phi) is 4.65. The fourth-order valence-corrected chi connectivity index (χ4v) is 2.79. The lowest BCUT2D eigenvalue weighted by Crippen LogP contribution is -2.49. The van der Waals surface area contributed by atoms with Gasteiger partial charge in [-0.2, -0.15) is 0 Å². The van der Waals surface area contributed by atoms with E-state index in [0.29, 0.717) is 48.7 Å². The lowest BCUT2D eigenvalue weighted by Gasteiger charge is -2.35. The number of pyridine rings is 1. The molecule has 130 valence electrons. The largest absolute Gasteiger partial charge is 0.366 e. The topological polar surface area (TPSA) is 79.5 Å². The maximum Gasteiger partial charge on any atom is 0.254 e. The molecule has 25 heavy (non-hydrogen) atoms. The molecule has 1 aromatic carbocycles. The fraction of sp³-hybridized carbons (Fsp3) is 0.278. The van der Waals surface area contributed by atoms with Gasteiger partial charge in [-0.15, -0.1) is 0 Å². The number of aromatic nitrogens is 1. The summed E-state index contributed by atoms with van der Waals surface area (Å²) in [5.74, 6) is -0.405. The molecule has 2 N–H and O–H groups in total.